The number of nitrogens with zero attached hydrogens (tertiary/aromatic N) is 7. The molecule has 0 N–H and O–H groups in total. The minimum Gasteiger partial charge on any atom is -0.481 e. The molecule has 100 valence electrons. The van der Waals surface area contributed by atoms with E-state index in [0.29, 0.717) is 29.5 Å². The van der Waals surface area contributed by atoms with E-state index in [2.05, 4.69) is 30.6 Å². The van der Waals surface area contributed by atoms with E-state index in [9.17, 15) is 0 Å². The molecule has 1 aliphatic heterocycles. The van der Waals surface area contributed by atoms with E-state index in [1.807, 2.05) is 12.1 Å². The normalized spacial score (nSPS) is 17.7. The zero-order chi connectivity index (χ0) is 13.4. The maximum absolute atomic E-state index is 5.55. The van der Waals surface area contributed by atoms with Crippen molar-refractivity contribution in [1.29, 1.82) is 0 Å². The molecule has 8 nitrogen and oxygen atoms in total. The Bertz CT molecular complexity index is 802. The van der Waals surface area contributed by atoms with Crippen molar-refractivity contribution in [2.75, 3.05) is 6.61 Å². The number of hydrogen-bond acceptors (Lipinski definition) is 7. The van der Waals surface area contributed by atoms with Gasteiger partial charge in [0, 0.05) is 12.6 Å². The third-order valence-electron chi connectivity index (χ3n) is 3.19. The smallest absolute Gasteiger partial charge is 0.226 e. The summed E-state index contributed by atoms with van der Waals surface area (Å²) in [6, 6.07) is 3.75. The van der Waals surface area contributed by atoms with Gasteiger partial charge in [-0.3, -0.25) is 4.98 Å². The zero-order valence-electron chi connectivity index (χ0n) is 10.6. The molecule has 0 saturated carbocycles. The van der Waals surface area contributed by atoms with E-state index in [1.54, 1.807) is 6.20 Å². The minimum absolute atomic E-state index is 0.522. The standard InChI is InChI=1S/C12H11N7O/c1-2-7-20-9(5-1)14-11-8-4-3-6-13-10(8)12-15-17-18-19(12)16-11/h3-4,6H,1-2,5,7H2. The van der Waals surface area contributed by atoms with Crippen LogP contribution in [0.4, 0.5) is 5.82 Å². The molecule has 3 aromatic heterocycles. The van der Waals surface area contributed by atoms with Crippen molar-refractivity contribution < 1.29 is 4.74 Å². The molecule has 0 aromatic carbocycles. The van der Waals surface area contributed by atoms with Gasteiger partial charge in [-0.05, 0) is 35.4 Å². The van der Waals surface area contributed by atoms with Gasteiger partial charge in [0.1, 0.15) is 5.52 Å². The number of aliphatic imine (C=N–C) groups is 1. The summed E-state index contributed by atoms with van der Waals surface area (Å²) in [5.41, 5.74) is 1.21. The van der Waals surface area contributed by atoms with Crippen LogP contribution in [0.2, 0.25) is 0 Å². The van der Waals surface area contributed by atoms with Gasteiger partial charge in [-0.25, -0.2) is 0 Å². The van der Waals surface area contributed by atoms with Crippen molar-refractivity contribution in [3.63, 3.8) is 0 Å². The Kier molecular flexibility index (Phi) is 2.51. The molecule has 0 atom stereocenters. The van der Waals surface area contributed by atoms with E-state index in [0.717, 1.165) is 24.6 Å². The number of fused-ring (bicyclic) bond motifs is 3. The monoisotopic (exact) mass is 269 g/mol. The van der Waals surface area contributed by atoms with Crippen molar-refractivity contribution in [3.8, 4) is 0 Å². The van der Waals surface area contributed by atoms with Gasteiger partial charge in [0.05, 0.1) is 12.0 Å². The van der Waals surface area contributed by atoms with Crippen LogP contribution < -0.4 is 0 Å². The SMILES string of the molecule is c1cnc2c(c1)c(N=C1CCCCO1)nn1nnnc21. The second-order valence-electron chi connectivity index (χ2n) is 4.53. The van der Waals surface area contributed by atoms with Crippen LogP contribution >= 0.6 is 0 Å². The number of ether oxygens (including phenoxy) is 1. The number of tetrazole rings is 1. The van der Waals surface area contributed by atoms with Crippen molar-refractivity contribution in [3.05, 3.63) is 18.3 Å². The van der Waals surface area contributed by atoms with Gasteiger partial charge >= 0.3 is 0 Å². The number of aromatic nitrogens is 6. The van der Waals surface area contributed by atoms with Gasteiger partial charge in [0.2, 0.25) is 5.65 Å². The van der Waals surface area contributed by atoms with E-state index in [1.165, 1.54) is 4.63 Å². The summed E-state index contributed by atoms with van der Waals surface area (Å²) in [7, 11) is 0. The van der Waals surface area contributed by atoms with E-state index in [-0.39, 0.29) is 0 Å². The van der Waals surface area contributed by atoms with Crippen LogP contribution in [-0.2, 0) is 4.74 Å². The van der Waals surface area contributed by atoms with Gasteiger partial charge < -0.3 is 4.74 Å². The van der Waals surface area contributed by atoms with Crippen LogP contribution in [0.1, 0.15) is 19.3 Å². The Hall–Kier alpha value is -2.64. The van der Waals surface area contributed by atoms with Gasteiger partial charge in [0.15, 0.2) is 11.7 Å². The lowest BCUT2D eigenvalue weighted by atomic mass is 10.2. The lowest BCUT2D eigenvalue weighted by Crippen LogP contribution is -2.12. The molecule has 1 saturated heterocycles. The lowest BCUT2D eigenvalue weighted by Gasteiger charge is -2.14. The van der Waals surface area contributed by atoms with Gasteiger partial charge in [-0.2, -0.15) is 4.99 Å². The van der Waals surface area contributed by atoms with Crippen LogP contribution in [0.3, 0.4) is 0 Å². The Morgan fingerprint density at radius 1 is 1.30 bits per heavy atom. The van der Waals surface area contributed by atoms with Crippen LogP contribution in [0.25, 0.3) is 16.6 Å². The summed E-state index contributed by atoms with van der Waals surface area (Å²) in [5, 5.41) is 16.5. The molecule has 1 fully saturated rings. The highest BCUT2D eigenvalue weighted by molar-refractivity contribution is 5.97. The van der Waals surface area contributed by atoms with Crippen LogP contribution in [-0.4, -0.2) is 42.7 Å². The molecular formula is C12H11N7O. The first-order valence-corrected chi connectivity index (χ1v) is 6.45. The molecule has 4 rings (SSSR count). The maximum atomic E-state index is 5.55. The first-order chi connectivity index (χ1) is 9.92. The molecule has 0 spiro atoms. The minimum atomic E-state index is 0.522. The average molecular weight is 269 g/mol. The van der Waals surface area contributed by atoms with E-state index >= 15 is 0 Å². The van der Waals surface area contributed by atoms with Crippen molar-refractivity contribution >= 4 is 28.3 Å². The molecule has 8 heteroatoms. The molecular weight excluding hydrogens is 258 g/mol. The molecule has 0 unspecified atom stereocenters. The second-order valence-corrected chi connectivity index (χ2v) is 4.53. The molecule has 0 amide bonds. The summed E-state index contributed by atoms with van der Waals surface area (Å²) in [6.07, 6.45) is 4.69. The summed E-state index contributed by atoms with van der Waals surface area (Å²) in [4.78, 5) is 8.82. The van der Waals surface area contributed by atoms with E-state index < -0.39 is 0 Å². The van der Waals surface area contributed by atoms with Crippen LogP contribution in [0, 0.1) is 0 Å². The third-order valence-corrected chi connectivity index (χ3v) is 3.19. The zero-order valence-corrected chi connectivity index (χ0v) is 10.6. The fraction of sp³-hybridized carbons (Fsp3) is 0.333. The summed E-state index contributed by atoms with van der Waals surface area (Å²) in [5.74, 6) is 1.24. The maximum Gasteiger partial charge on any atom is 0.226 e. The fourth-order valence-corrected chi connectivity index (χ4v) is 2.23. The molecule has 1 aliphatic rings. The molecule has 3 aromatic rings. The highest BCUT2D eigenvalue weighted by Gasteiger charge is 2.14. The van der Waals surface area contributed by atoms with Crippen LogP contribution in [0.15, 0.2) is 23.3 Å². The highest BCUT2D eigenvalue weighted by Crippen LogP contribution is 2.25. The summed E-state index contributed by atoms with van der Waals surface area (Å²) in [6.45, 7) is 0.710. The first-order valence-electron chi connectivity index (χ1n) is 6.45. The summed E-state index contributed by atoms with van der Waals surface area (Å²) >= 11 is 0. The topological polar surface area (TPSA) is 90.5 Å². The molecule has 0 aliphatic carbocycles. The van der Waals surface area contributed by atoms with Crippen molar-refractivity contribution in [2.24, 2.45) is 4.99 Å². The Morgan fingerprint density at radius 3 is 3.20 bits per heavy atom. The first kappa shape index (κ1) is 11.2. The summed E-state index contributed by atoms with van der Waals surface area (Å²) < 4.78 is 6.90. The Balaban J connectivity index is 1.96. The predicted molar refractivity (Wildman–Crippen MR) is 70.8 cm³/mol. The average Bonchev–Trinajstić information content (AvgIpc) is 2.97. The number of rotatable bonds is 1. The van der Waals surface area contributed by atoms with E-state index in [4.69, 9.17) is 4.74 Å². The Labute approximate surface area is 113 Å². The highest BCUT2D eigenvalue weighted by atomic mass is 16.5. The quantitative estimate of drug-likeness (QED) is 0.661. The van der Waals surface area contributed by atoms with Crippen molar-refractivity contribution in [2.45, 2.75) is 19.3 Å². The Morgan fingerprint density at radius 2 is 2.30 bits per heavy atom. The molecule has 4 heterocycles. The lowest BCUT2D eigenvalue weighted by molar-refractivity contribution is 0.260. The molecule has 20 heavy (non-hydrogen) atoms. The number of hydrogen-bond donors (Lipinski definition) is 0. The fourth-order valence-electron chi connectivity index (χ4n) is 2.23. The number of pyridine rings is 1. The molecule has 0 radical (unpaired) electrons. The second kappa shape index (κ2) is 4.48. The van der Waals surface area contributed by atoms with Crippen molar-refractivity contribution in [1.82, 2.24) is 30.2 Å². The largest absolute Gasteiger partial charge is 0.481 e. The van der Waals surface area contributed by atoms with Crippen LogP contribution in [0.5, 0.6) is 0 Å². The van der Waals surface area contributed by atoms with Gasteiger partial charge in [0.25, 0.3) is 0 Å². The third kappa shape index (κ3) is 1.77. The van der Waals surface area contributed by atoms with Gasteiger partial charge in [-0.1, -0.05) is 0 Å². The van der Waals surface area contributed by atoms with Gasteiger partial charge in [-0.15, -0.1) is 14.8 Å². The molecule has 0 bridgehead atoms. The predicted octanol–water partition coefficient (Wildman–Crippen LogP) is 1.30.